The molecule has 2 aromatic rings. The van der Waals surface area contributed by atoms with Gasteiger partial charge in [0.15, 0.2) is 0 Å². The van der Waals surface area contributed by atoms with Crippen LogP contribution < -0.4 is 10.7 Å². The summed E-state index contributed by atoms with van der Waals surface area (Å²) in [6.07, 6.45) is 5.08. The largest absolute Gasteiger partial charge is 0.340 e. The molecule has 0 saturated heterocycles. The van der Waals surface area contributed by atoms with E-state index in [9.17, 15) is 9.59 Å². The smallest absolute Gasteiger partial charge is 0.262 e. The normalized spacial score (nSPS) is 12.2. The molecule has 0 radical (unpaired) electrons. The SMILES string of the molecule is CC(NC(=O)c1ccccc1)C(=O)NN=CC=Cc1ccccc1. The van der Waals surface area contributed by atoms with Gasteiger partial charge in [-0.2, -0.15) is 5.10 Å². The molecule has 0 bridgehead atoms. The van der Waals surface area contributed by atoms with Crippen LogP contribution in [0.1, 0.15) is 22.8 Å². The number of hydrogen-bond donors (Lipinski definition) is 2. The van der Waals surface area contributed by atoms with Crippen molar-refractivity contribution in [2.24, 2.45) is 5.10 Å². The highest BCUT2D eigenvalue weighted by atomic mass is 16.2. The van der Waals surface area contributed by atoms with E-state index < -0.39 is 6.04 Å². The minimum atomic E-state index is -0.687. The zero-order chi connectivity index (χ0) is 17.2. The van der Waals surface area contributed by atoms with Crippen molar-refractivity contribution < 1.29 is 9.59 Å². The molecule has 0 spiro atoms. The monoisotopic (exact) mass is 321 g/mol. The van der Waals surface area contributed by atoms with E-state index in [1.165, 1.54) is 6.21 Å². The highest BCUT2D eigenvalue weighted by Gasteiger charge is 2.15. The first-order valence-electron chi connectivity index (χ1n) is 7.57. The Morgan fingerprint density at radius 3 is 2.29 bits per heavy atom. The summed E-state index contributed by atoms with van der Waals surface area (Å²) in [5.41, 5.74) is 3.94. The Bertz CT molecular complexity index is 725. The Morgan fingerprint density at radius 2 is 1.62 bits per heavy atom. The number of benzene rings is 2. The van der Waals surface area contributed by atoms with Crippen LogP contribution in [0, 0.1) is 0 Å². The van der Waals surface area contributed by atoms with Gasteiger partial charge in [-0.1, -0.05) is 54.6 Å². The number of hydrazone groups is 1. The molecule has 1 unspecified atom stereocenters. The lowest BCUT2D eigenvalue weighted by Gasteiger charge is -2.11. The molecule has 24 heavy (non-hydrogen) atoms. The van der Waals surface area contributed by atoms with Crippen molar-refractivity contribution in [1.82, 2.24) is 10.7 Å². The molecule has 0 aliphatic carbocycles. The van der Waals surface area contributed by atoms with Crippen LogP contribution in [-0.2, 0) is 4.79 Å². The number of amides is 2. The van der Waals surface area contributed by atoms with Crippen molar-refractivity contribution in [3.05, 3.63) is 77.9 Å². The molecule has 2 rings (SSSR count). The molecule has 0 aliphatic heterocycles. The van der Waals surface area contributed by atoms with Gasteiger partial charge in [0.05, 0.1) is 0 Å². The van der Waals surface area contributed by atoms with E-state index in [2.05, 4.69) is 15.8 Å². The summed E-state index contributed by atoms with van der Waals surface area (Å²) in [5.74, 6) is -0.685. The number of carbonyl (C=O) groups excluding carboxylic acids is 2. The summed E-state index contributed by atoms with van der Waals surface area (Å²) in [5, 5.41) is 6.44. The van der Waals surface area contributed by atoms with E-state index in [-0.39, 0.29) is 11.8 Å². The maximum atomic E-state index is 12.0. The van der Waals surface area contributed by atoms with Gasteiger partial charge in [0.2, 0.25) is 0 Å². The van der Waals surface area contributed by atoms with Crippen LogP contribution in [0.5, 0.6) is 0 Å². The second-order valence-corrected chi connectivity index (χ2v) is 5.09. The second-order valence-electron chi connectivity index (χ2n) is 5.09. The highest BCUT2D eigenvalue weighted by molar-refractivity contribution is 5.97. The predicted molar refractivity (Wildman–Crippen MR) is 95.5 cm³/mol. The Labute approximate surface area is 141 Å². The Morgan fingerprint density at radius 1 is 1.00 bits per heavy atom. The van der Waals surface area contributed by atoms with Crippen molar-refractivity contribution in [2.75, 3.05) is 0 Å². The molecule has 2 amide bonds. The lowest BCUT2D eigenvalue weighted by atomic mass is 10.2. The molecule has 0 fully saturated rings. The number of rotatable bonds is 6. The molecular formula is C19H19N3O2. The zero-order valence-electron chi connectivity index (χ0n) is 13.3. The van der Waals surface area contributed by atoms with Gasteiger partial charge in [0, 0.05) is 11.8 Å². The van der Waals surface area contributed by atoms with Crippen LogP contribution in [0.15, 0.2) is 71.8 Å². The van der Waals surface area contributed by atoms with Crippen LogP contribution in [0.3, 0.4) is 0 Å². The maximum absolute atomic E-state index is 12.0. The lowest BCUT2D eigenvalue weighted by molar-refractivity contribution is -0.122. The zero-order valence-corrected chi connectivity index (χ0v) is 13.3. The van der Waals surface area contributed by atoms with Crippen LogP contribution in [-0.4, -0.2) is 24.1 Å². The molecule has 0 heterocycles. The lowest BCUT2D eigenvalue weighted by Crippen LogP contribution is -2.43. The summed E-state index contributed by atoms with van der Waals surface area (Å²) < 4.78 is 0. The topological polar surface area (TPSA) is 70.6 Å². The molecular weight excluding hydrogens is 302 g/mol. The van der Waals surface area contributed by atoms with Crippen LogP contribution >= 0.6 is 0 Å². The molecule has 2 N–H and O–H groups in total. The standard InChI is InChI=1S/C19H19N3O2/c1-15(21-19(24)17-12-6-3-7-13-17)18(23)22-20-14-8-11-16-9-4-2-5-10-16/h2-15H,1H3,(H,21,24)(H,22,23). The first kappa shape index (κ1) is 17.1. The van der Waals surface area contributed by atoms with Crippen LogP contribution in [0.25, 0.3) is 6.08 Å². The quantitative estimate of drug-likeness (QED) is 0.634. The second kappa shape index (κ2) is 9.05. The Balaban J connectivity index is 1.78. The van der Waals surface area contributed by atoms with Crippen LogP contribution in [0.4, 0.5) is 0 Å². The molecule has 0 saturated carbocycles. The van der Waals surface area contributed by atoms with Crippen molar-refractivity contribution >= 4 is 24.1 Å². The van der Waals surface area contributed by atoms with E-state index >= 15 is 0 Å². The molecule has 0 aromatic heterocycles. The van der Waals surface area contributed by atoms with Gasteiger partial charge >= 0.3 is 0 Å². The molecule has 1 atom stereocenters. The van der Waals surface area contributed by atoms with Gasteiger partial charge in [0.1, 0.15) is 6.04 Å². The summed E-state index contributed by atoms with van der Waals surface area (Å²) in [6.45, 7) is 1.60. The highest BCUT2D eigenvalue weighted by Crippen LogP contribution is 2.00. The fraction of sp³-hybridized carbons (Fsp3) is 0.105. The molecule has 5 heteroatoms. The third-order valence-electron chi connectivity index (χ3n) is 3.20. The fourth-order valence-electron chi connectivity index (χ4n) is 1.89. The van der Waals surface area contributed by atoms with Gasteiger partial charge in [-0.15, -0.1) is 0 Å². The third-order valence-corrected chi connectivity index (χ3v) is 3.20. The minimum Gasteiger partial charge on any atom is -0.340 e. The molecule has 5 nitrogen and oxygen atoms in total. The van der Waals surface area contributed by atoms with E-state index in [1.807, 2.05) is 42.5 Å². The third kappa shape index (κ3) is 5.53. The first-order valence-corrected chi connectivity index (χ1v) is 7.57. The van der Waals surface area contributed by atoms with Gasteiger partial charge in [-0.05, 0) is 30.7 Å². The van der Waals surface area contributed by atoms with Crippen molar-refractivity contribution in [3.8, 4) is 0 Å². The van der Waals surface area contributed by atoms with Crippen molar-refractivity contribution in [3.63, 3.8) is 0 Å². The van der Waals surface area contributed by atoms with Gasteiger partial charge in [-0.3, -0.25) is 9.59 Å². The summed E-state index contributed by atoms with van der Waals surface area (Å²) in [7, 11) is 0. The molecule has 2 aromatic carbocycles. The van der Waals surface area contributed by atoms with Crippen molar-refractivity contribution in [1.29, 1.82) is 0 Å². The average Bonchev–Trinajstić information content (AvgIpc) is 2.62. The predicted octanol–water partition coefficient (Wildman–Crippen LogP) is 2.62. The number of nitrogens with zero attached hydrogens (tertiary/aromatic N) is 1. The average molecular weight is 321 g/mol. The van der Waals surface area contributed by atoms with E-state index in [0.29, 0.717) is 5.56 Å². The van der Waals surface area contributed by atoms with E-state index in [0.717, 1.165) is 5.56 Å². The van der Waals surface area contributed by atoms with E-state index in [4.69, 9.17) is 0 Å². The van der Waals surface area contributed by atoms with Crippen LogP contribution in [0.2, 0.25) is 0 Å². The first-order chi connectivity index (χ1) is 11.7. The number of allylic oxidation sites excluding steroid dienone is 1. The number of hydrogen-bond acceptors (Lipinski definition) is 3. The van der Waals surface area contributed by atoms with Crippen molar-refractivity contribution in [2.45, 2.75) is 13.0 Å². The minimum absolute atomic E-state index is 0.300. The maximum Gasteiger partial charge on any atom is 0.262 e. The molecule has 122 valence electrons. The summed E-state index contributed by atoms with van der Waals surface area (Å²) in [6, 6.07) is 17.8. The molecule has 0 aliphatic rings. The van der Waals surface area contributed by atoms with E-state index in [1.54, 1.807) is 37.3 Å². The van der Waals surface area contributed by atoms with Gasteiger partial charge in [-0.25, -0.2) is 5.43 Å². The summed E-state index contributed by atoms with van der Waals surface area (Å²) >= 11 is 0. The summed E-state index contributed by atoms with van der Waals surface area (Å²) in [4.78, 5) is 23.8. The van der Waals surface area contributed by atoms with Gasteiger partial charge in [0.25, 0.3) is 11.8 Å². The van der Waals surface area contributed by atoms with Gasteiger partial charge < -0.3 is 5.32 Å². The Kier molecular flexibility index (Phi) is 6.46. The number of nitrogens with one attached hydrogen (secondary N) is 2. The Hall–Kier alpha value is -3.21. The number of carbonyl (C=O) groups is 2. The fourth-order valence-corrected chi connectivity index (χ4v) is 1.89.